The van der Waals surface area contributed by atoms with Crippen LogP contribution in [0, 0.1) is 18.3 Å². The molecule has 3 rings (SSSR count). The number of aryl methyl sites for hydroxylation is 1. The van der Waals surface area contributed by atoms with Gasteiger partial charge < -0.3 is 16.0 Å². The molecule has 33 heavy (non-hydrogen) atoms. The monoisotopic (exact) mass is 466 g/mol. The first kappa shape index (κ1) is 25.2. The standard InChI is InChI=1S/C24H33F3N4O2/c1-14(2)6-5-7-15(3)10-20(32)28-13-23-11-17(29-19(23)12-23)22(33)31-21-16(4)8-9-18(30-21)24(25,26)27/h6,8-9,15,17,19,29H,5,7,10-13H2,1-4H3,(H,28,32)(H,30,31,33)/t15?,17-,19+,23-/m0/s1. The van der Waals surface area contributed by atoms with E-state index in [1.54, 1.807) is 6.92 Å². The number of aromatic nitrogens is 1. The van der Waals surface area contributed by atoms with Crippen molar-refractivity contribution in [1.82, 2.24) is 15.6 Å². The highest BCUT2D eigenvalue weighted by atomic mass is 19.4. The molecule has 1 aliphatic heterocycles. The van der Waals surface area contributed by atoms with Gasteiger partial charge in [-0.1, -0.05) is 24.6 Å². The number of carbonyl (C=O) groups excluding carboxylic acids is 2. The van der Waals surface area contributed by atoms with E-state index < -0.39 is 23.8 Å². The fourth-order valence-electron chi connectivity index (χ4n) is 4.39. The van der Waals surface area contributed by atoms with E-state index in [1.165, 1.54) is 11.6 Å². The third-order valence-corrected chi connectivity index (χ3v) is 6.53. The number of halogens is 3. The number of alkyl halides is 3. The summed E-state index contributed by atoms with van der Waals surface area (Å²) < 4.78 is 38.8. The zero-order chi connectivity index (χ0) is 24.4. The van der Waals surface area contributed by atoms with Crippen molar-refractivity contribution < 1.29 is 22.8 Å². The van der Waals surface area contributed by atoms with Gasteiger partial charge in [-0.2, -0.15) is 13.2 Å². The molecule has 1 aromatic rings. The summed E-state index contributed by atoms with van der Waals surface area (Å²) in [5.74, 6) is -0.190. The van der Waals surface area contributed by atoms with Gasteiger partial charge in [-0.15, -0.1) is 0 Å². The van der Waals surface area contributed by atoms with Crippen molar-refractivity contribution >= 4 is 17.6 Å². The van der Waals surface area contributed by atoms with Crippen molar-refractivity contribution in [2.24, 2.45) is 11.3 Å². The Kier molecular flexibility index (Phi) is 7.51. The number of allylic oxidation sites excluding steroid dienone is 2. The van der Waals surface area contributed by atoms with Crippen molar-refractivity contribution in [3.8, 4) is 0 Å². The predicted octanol–water partition coefficient (Wildman–Crippen LogP) is 4.36. The third-order valence-electron chi connectivity index (χ3n) is 6.53. The summed E-state index contributed by atoms with van der Waals surface area (Å²) in [6, 6.07) is 1.79. The summed E-state index contributed by atoms with van der Waals surface area (Å²) in [6.45, 7) is 8.28. The highest BCUT2D eigenvalue weighted by molar-refractivity contribution is 5.95. The molecule has 2 aliphatic rings. The van der Waals surface area contributed by atoms with Gasteiger partial charge in [0, 0.05) is 24.4 Å². The second-order valence-electron chi connectivity index (χ2n) is 9.84. The Morgan fingerprint density at radius 2 is 2.03 bits per heavy atom. The minimum Gasteiger partial charge on any atom is -0.355 e. The number of amides is 2. The van der Waals surface area contributed by atoms with Gasteiger partial charge in [0.1, 0.15) is 11.5 Å². The molecule has 1 aliphatic carbocycles. The number of hydrogen-bond donors (Lipinski definition) is 3. The van der Waals surface area contributed by atoms with E-state index in [0.717, 1.165) is 25.3 Å². The molecule has 1 unspecified atom stereocenters. The van der Waals surface area contributed by atoms with Crippen LogP contribution in [0.5, 0.6) is 0 Å². The van der Waals surface area contributed by atoms with Gasteiger partial charge in [0.25, 0.3) is 0 Å². The number of fused-ring (bicyclic) bond motifs is 1. The molecule has 1 saturated carbocycles. The van der Waals surface area contributed by atoms with Crippen molar-refractivity contribution in [3.63, 3.8) is 0 Å². The molecule has 9 heteroatoms. The Morgan fingerprint density at radius 1 is 1.30 bits per heavy atom. The number of hydrogen-bond acceptors (Lipinski definition) is 4. The molecule has 1 saturated heterocycles. The van der Waals surface area contributed by atoms with Crippen LogP contribution in [0.25, 0.3) is 0 Å². The molecule has 4 atom stereocenters. The molecular formula is C24H33F3N4O2. The van der Waals surface area contributed by atoms with E-state index in [2.05, 4.69) is 47.8 Å². The summed E-state index contributed by atoms with van der Waals surface area (Å²) in [5.41, 5.74) is 0.524. The van der Waals surface area contributed by atoms with Crippen LogP contribution in [0.15, 0.2) is 23.8 Å². The molecule has 2 heterocycles. The van der Waals surface area contributed by atoms with Crippen molar-refractivity contribution in [3.05, 3.63) is 35.0 Å². The Bertz CT molecular complexity index is 927. The van der Waals surface area contributed by atoms with E-state index in [0.29, 0.717) is 24.9 Å². The molecule has 0 aromatic carbocycles. The van der Waals surface area contributed by atoms with Gasteiger partial charge in [0.05, 0.1) is 6.04 Å². The normalized spacial score (nSPS) is 24.6. The Morgan fingerprint density at radius 3 is 2.70 bits per heavy atom. The van der Waals surface area contributed by atoms with Crippen LogP contribution in [0.1, 0.15) is 64.1 Å². The second-order valence-corrected chi connectivity index (χ2v) is 9.84. The van der Waals surface area contributed by atoms with Crippen LogP contribution in [0.3, 0.4) is 0 Å². The maximum absolute atomic E-state index is 12.9. The molecule has 0 bridgehead atoms. The van der Waals surface area contributed by atoms with Gasteiger partial charge in [-0.3, -0.25) is 9.59 Å². The lowest BCUT2D eigenvalue weighted by Gasteiger charge is -2.18. The molecular weight excluding hydrogens is 433 g/mol. The molecule has 6 nitrogen and oxygen atoms in total. The minimum absolute atomic E-state index is 0.0106. The van der Waals surface area contributed by atoms with Gasteiger partial charge >= 0.3 is 6.18 Å². The van der Waals surface area contributed by atoms with E-state index in [1.807, 2.05) is 0 Å². The third kappa shape index (κ3) is 6.56. The van der Waals surface area contributed by atoms with Crippen LogP contribution in [0.4, 0.5) is 19.0 Å². The summed E-state index contributed by atoms with van der Waals surface area (Å²) in [7, 11) is 0. The SMILES string of the molecule is CC(C)=CCCC(C)CC(=O)NC[C@@]12C[C@@H](C(=O)Nc3nc(C(F)(F)F)ccc3C)N[C@@H]1C2. The number of piperidine rings is 1. The van der Waals surface area contributed by atoms with Crippen molar-refractivity contribution in [1.29, 1.82) is 0 Å². The molecule has 2 fully saturated rings. The first-order valence-corrected chi connectivity index (χ1v) is 11.4. The van der Waals surface area contributed by atoms with Crippen LogP contribution < -0.4 is 16.0 Å². The molecule has 1 aromatic heterocycles. The zero-order valence-electron chi connectivity index (χ0n) is 19.6. The Labute approximate surface area is 192 Å². The number of anilines is 1. The highest BCUT2D eigenvalue weighted by Crippen LogP contribution is 2.54. The molecule has 182 valence electrons. The Balaban J connectivity index is 1.48. The molecule has 0 spiro atoms. The number of rotatable bonds is 9. The fraction of sp³-hybridized carbons (Fsp3) is 0.625. The van der Waals surface area contributed by atoms with Crippen molar-refractivity contribution in [2.45, 2.75) is 78.1 Å². The predicted molar refractivity (Wildman–Crippen MR) is 120 cm³/mol. The summed E-state index contributed by atoms with van der Waals surface area (Å²) in [6.07, 6.45) is 1.38. The van der Waals surface area contributed by atoms with E-state index in [9.17, 15) is 22.8 Å². The lowest BCUT2D eigenvalue weighted by Crippen LogP contribution is -2.38. The minimum atomic E-state index is -4.58. The molecule has 0 radical (unpaired) electrons. The highest BCUT2D eigenvalue weighted by Gasteiger charge is 2.61. The number of nitrogens with zero attached hydrogens (tertiary/aromatic N) is 1. The van der Waals surface area contributed by atoms with Crippen LogP contribution >= 0.6 is 0 Å². The summed E-state index contributed by atoms with van der Waals surface area (Å²) in [5, 5.41) is 8.79. The van der Waals surface area contributed by atoms with Gasteiger partial charge in [0.15, 0.2) is 0 Å². The largest absolute Gasteiger partial charge is 0.433 e. The second kappa shape index (κ2) is 9.83. The average Bonchev–Trinajstić information content (AvgIpc) is 3.26. The van der Waals surface area contributed by atoms with Crippen LogP contribution in [0.2, 0.25) is 0 Å². The quantitative estimate of drug-likeness (QED) is 0.473. The number of nitrogens with one attached hydrogen (secondary N) is 3. The summed E-state index contributed by atoms with van der Waals surface area (Å²) in [4.78, 5) is 28.6. The van der Waals surface area contributed by atoms with Crippen LogP contribution in [-0.4, -0.2) is 35.4 Å². The zero-order valence-corrected chi connectivity index (χ0v) is 19.6. The van der Waals surface area contributed by atoms with Crippen LogP contribution in [-0.2, 0) is 15.8 Å². The lowest BCUT2D eigenvalue weighted by atomic mass is 9.98. The average molecular weight is 467 g/mol. The Hall–Kier alpha value is -2.42. The van der Waals surface area contributed by atoms with Gasteiger partial charge in [-0.25, -0.2) is 4.98 Å². The number of pyridine rings is 1. The van der Waals surface area contributed by atoms with Gasteiger partial charge in [0.2, 0.25) is 11.8 Å². The van der Waals surface area contributed by atoms with E-state index in [4.69, 9.17) is 0 Å². The maximum Gasteiger partial charge on any atom is 0.433 e. The molecule has 2 amide bonds. The fourth-order valence-corrected chi connectivity index (χ4v) is 4.39. The summed E-state index contributed by atoms with van der Waals surface area (Å²) >= 11 is 0. The van der Waals surface area contributed by atoms with Gasteiger partial charge in [-0.05, 0) is 64.0 Å². The molecule has 3 N–H and O–H groups in total. The maximum atomic E-state index is 12.9. The first-order chi connectivity index (χ1) is 15.4. The smallest absolute Gasteiger partial charge is 0.355 e. The lowest BCUT2D eigenvalue weighted by molar-refractivity contribution is -0.141. The van der Waals surface area contributed by atoms with E-state index >= 15 is 0 Å². The van der Waals surface area contributed by atoms with E-state index in [-0.39, 0.29) is 29.1 Å². The number of carbonyl (C=O) groups is 2. The topological polar surface area (TPSA) is 83.1 Å². The first-order valence-electron chi connectivity index (χ1n) is 11.4. The van der Waals surface area contributed by atoms with Crippen molar-refractivity contribution in [2.75, 3.05) is 11.9 Å².